The van der Waals surface area contributed by atoms with Crippen LogP contribution in [0, 0.1) is 11.3 Å². The normalized spacial score (nSPS) is 10.8. The summed E-state index contributed by atoms with van der Waals surface area (Å²) in [5, 5.41) is 18.2. The van der Waals surface area contributed by atoms with Gasteiger partial charge in [-0.3, -0.25) is 4.79 Å². The van der Waals surface area contributed by atoms with Crippen LogP contribution in [-0.4, -0.2) is 41.6 Å². The fraction of sp³-hybridized carbons (Fsp3) is 0.292. The Balaban J connectivity index is 2.28. The van der Waals surface area contributed by atoms with Gasteiger partial charge in [-0.1, -0.05) is 24.3 Å². The van der Waals surface area contributed by atoms with Crippen molar-refractivity contribution in [1.82, 2.24) is 4.90 Å². The molecule has 0 fully saturated rings. The summed E-state index contributed by atoms with van der Waals surface area (Å²) in [6.45, 7) is 6.40. The smallest absolute Gasteiger partial charge is 0.341 e. The predicted molar refractivity (Wildman–Crippen MR) is 117 cm³/mol. The van der Waals surface area contributed by atoms with Gasteiger partial charge < -0.3 is 19.5 Å². The summed E-state index contributed by atoms with van der Waals surface area (Å²) < 4.78 is 11.2. The third-order valence-corrected chi connectivity index (χ3v) is 4.61. The molecule has 2 aromatic carbocycles. The molecular weight excluding hydrogens is 396 g/mol. The first-order valence-corrected chi connectivity index (χ1v) is 9.96. The van der Waals surface area contributed by atoms with Crippen LogP contribution in [0.25, 0.3) is 6.08 Å². The molecule has 7 heteroatoms. The minimum absolute atomic E-state index is 0.0635. The van der Waals surface area contributed by atoms with Crippen molar-refractivity contribution in [2.45, 2.75) is 27.4 Å². The van der Waals surface area contributed by atoms with E-state index in [0.29, 0.717) is 41.1 Å². The Morgan fingerprint density at radius 2 is 1.81 bits per heavy atom. The number of rotatable bonds is 10. The Labute approximate surface area is 182 Å². The molecule has 0 saturated heterocycles. The van der Waals surface area contributed by atoms with Crippen LogP contribution in [-0.2, 0) is 16.2 Å². The summed E-state index contributed by atoms with van der Waals surface area (Å²) >= 11 is 0. The van der Waals surface area contributed by atoms with Crippen LogP contribution in [0.3, 0.4) is 0 Å². The van der Waals surface area contributed by atoms with Crippen molar-refractivity contribution >= 4 is 18.0 Å². The monoisotopic (exact) mass is 422 g/mol. The highest BCUT2D eigenvalue weighted by Gasteiger charge is 2.13. The largest absolute Gasteiger partial charge is 0.485 e. The maximum atomic E-state index is 12.5. The number of benzene rings is 2. The number of carbonyl (C=O) groups excluding carboxylic acids is 1. The van der Waals surface area contributed by atoms with E-state index in [1.807, 2.05) is 19.9 Å². The Kier molecular flexibility index (Phi) is 8.64. The number of hydrogen-bond acceptors (Lipinski definition) is 5. The van der Waals surface area contributed by atoms with E-state index in [1.54, 1.807) is 54.3 Å². The number of likely N-dealkylation sites (N-methyl/N-ethyl adjacent to an activating group) is 1. The van der Waals surface area contributed by atoms with Gasteiger partial charge in [0.2, 0.25) is 5.91 Å². The van der Waals surface area contributed by atoms with Gasteiger partial charge in [0.1, 0.15) is 6.61 Å². The number of aliphatic carboxylic acids is 1. The minimum atomic E-state index is -1.12. The van der Waals surface area contributed by atoms with Crippen molar-refractivity contribution in [2.75, 3.05) is 19.7 Å². The number of ether oxygens (including phenoxy) is 2. The first-order chi connectivity index (χ1) is 14.9. The van der Waals surface area contributed by atoms with Gasteiger partial charge in [0, 0.05) is 24.2 Å². The molecule has 7 nitrogen and oxygen atoms in total. The van der Waals surface area contributed by atoms with E-state index in [-0.39, 0.29) is 18.3 Å². The first-order valence-electron chi connectivity index (χ1n) is 9.96. The van der Waals surface area contributed by atoms with Crippen molar-refractivity contribution in [3.8, 4) is 17.6 Å². The molecule has 1 amide bonds. The van der Waals surface area contributed by atoms with E-state index in [9.17, 15) is 14.9 Å². The Morgan fingerprint density at radius 3 is 2.45 bits per heavy atom. The topological polar surface area (TPSA) is 99.9 Å². The highest BCUT2D eigenvalue weighted by Crippen LogP contribution is 2.30. The molecule has 0 aromatic heterocycles. The van der Waals surface area contributed by atoms with Gasteiger partial charge in [-0.15, -0.1) is 0 Å². The number of carboxylic acids is 1. The number of amides is 1. The summed E-state index contributed by atoms with van der Waals surface area (Å²) in [5.41, 5.74) is 2.45. The highest BCUT2D eigenvalue weighted by molar-refractivity contribution is 5.97. The van der Waals surface area contributed by atoms with Gasteiger partial charge in [-0.25, -0.2) is 4.79 Å². The number of carboxylic acid groups (broad SMARTS) is 1. The lowest BCUT2D eigenvalue weighted by Gasteiger charge is -2.19. The fourth-order valence-electron chi connectivity index (χ4n) is 2.97. The molecule has 0 saturated carbocycles. The van der Waals surface area contributed by atoms with Gasteiger partial charge >= 0.3 is 5.97 Å². The molecule has 0 atom stereocenters. The lowest BCUT2D eigenvalue weighted by molar-refractivity contribution is -0.139. The van der Waals surface area contributed by atoms with Crippen molar-refractivity contribution < 1.29 is 24.2 Å². The van der Waals surface area contributed by atoms with Crippen LogP contribution in [0.5, 0.6) is 11.5 Å². The van der Waals surface area contributed by atoms with E-state index in [0.717, 1.165) is 0 Å². The van der Waals surface area contributed by atoms with Gasteiger partial charge in [-0.2, -0.15) is 5.26 Å². The second-order valence-electron chi connectivity index (χ2n) is 6.75. The van der Waals surface area contributed by atoms with Crippen molar-refractivity contribution in [3.05, 3.63) is 64.7 Å². The van der Waals surface area contributed by atoms with Crippen LogP contribution >= 0.6 is 0 Å². The zero-order chi connectivity index (χ0) is 22.8. The molecule has 2 rings (SSSR count). The number of nitrogens with zero attached hydrogens (tertiary/aromatic N) is 2. The first kappa shape index (κ1) is 23.5. The van der Waals surface area contributed by atoms with Gasteiger partial charge in [0.15, 0.2) is 18.1 Å². The summed E-state index contributed by atoms with van der Waals surface area (Å²) in [6.07, 6.45) is 1.73. The lowest BCUT2D eigenvalue weighted by atomic mass is 10.1. The number of nitriles is 1. The van der Waals surface area contributed by atoms with Crippen LogP contribution in [0.15, 0.2) is 48.0 Å². The van der Waals surface area contributed by atoms with Crippen molar-refractivity contribution in [3.63, 3.8) is 0 Å². The third kappa shape index (κ3) is 6.61. The number of hydrogen-bond donors (Lipinski definition) is 1. The zero-order valence-electron chi connectivity index (χ0n) is 17.9. The molecule has 0 heterocycles. The standard InChI is InChI=1S/C24H26N2O5/c1-4-26(5-2)24(29)17(3)12-18-10-11-21(22(13-18)31-16-23(27)28)30-15-20-9-7-6-8-19(20)14-25/h6-13H,4-5,15-16H2,1-3H3,(H,27,28)/b17-12-. The van der Waals surface area contributed by atoms with E-state index in [1.165, 1.54) is 0 Å². The van der Waals surface area contributed by atoms with E-state index in [4.69, 9.17) is 14.6 Å². The second-order valence-corrected chi connectivity index (χ2v) is 6.75. The lowest BCUT2D eigenvalue weighted by Crippen LogP contribution is -2.30. The molecule has 0 spiro atoms. The van der Waals surface area contributed by atoms with Crippen LogP contribution in [0.2, 0.25) is 0 Å². The average Bonchev–Trinajstić information content (AvgIpc) is 2.77. The number of carbonyl (C=O) groups is 2. The zero-order valence-corrected chi connectivity index (χ0v) is 17.9. The van der Waals surface area contributed by atoms with E-state index < -0.39 is 12.6 Å². The molecule has 0 aliphatic carbocycles. The molecule has 0 radical (unpaired) electrons. The quantitative estimate of drug-likeness (QED) is 0.584. The van der Waals surface area contributed by atoms with Crippen LogP contribution in [0.1, 0.15) is 37.5 Å². The molecule has 1 N–H and O–H groups in total. The molecule has 162 valence electrons. The Hall–Kier alpha value is -3.79. The highest BCUT2D eigenvalue weighted by atomic mass is 16.5. The average molecular weight is 422 g/mol. The molecule has 0 bridgehead atoms. The molecular formula is C24H26N2O5. The van der Waals surface area contributed by atoms with E-state index in [2.05, 4.69) is 6.07 Å². The van der Waals surface area contributed by atoms with Gasteiger partial charge in [0.25, 0.3) is 0 Å². The SMILES string of the molecule is CCN(CC)C(=O)/C(C)=C\c1ccc(OCc2ccccc2C#N)c(OCC(=O)O)c1. The Morgan fingerprint density at radius 1 is 1.10 bits per heavy atom. The van der Waals surface area contributed by atoms with Gasteiger partial charge in [0.05, 0.1) is 11.6 Å². The van der Waals surface area contributed by atoms with Gasteiger partial charge in [-0.05, 0) is 50.6 Å². The van der Waals surface area contributed by atoms with Crippen LogP contribution < -0.4 is 9.47 Å². The summed E-state index contributed by atoms with van der Waals surface area (Å²) in [4.78, 5) is 25.2. The summed E-state index contributed by atoms with van der Waals surface area (Å²) in [5.74, 6) is -0.589. The predicted octanol–water partition coefficient (Wildman–Crippen LogP) is 3.87. The van der Waals surface area contributed by atoms with E-state index >= 15 is 0 Å². The molecule has 0 aliphatic rings. The van der Waals surface area contributed by atoms with Crippen molar-refractivity contribution in [2.24, 2.45) is 0 Å². The fourth-order valence-corrected chi connectivity index (χ4v) is 2.97. The summed E-state index contributed by atoms with van der Waals surface area (Å²) in [6, 6.07) is 14.2. The molecule has 31 heavy (non-hydrogen) atoms. The Bertz CT molecular complexity index is 1000. The second kappa shape index (κ2) is 11.4. The summed E-state index contributed by atoms with van der Waals surface area (Å²) in [7, 11) is 0. The molecule has 2 aromatic rings. The maximum absolute atomic E-state index is 12.5. The third-order valence-electron chi connectivity index (χ3n) is 4.61. The molecule has 0 aliphatic heterocycles. The van der Waals surface area contributed by atoms with Crippen molar-refractivity contribution in [1.29, 1.82) is 5.26 Å². The maximum Gasteiger partial charge on any atom is 0.341 e. The minimum Gasteiger partial charge on any atom is -0.485 e. The van der Waals surface area contributed by atoms with Crippen LogP contribution in [0.4, 0.5) is 0 Å². The molecule has 0 unspecified atom stereocenters.